The van der Waals surface area contributed by atoms with Gasteiger partial charge >= 0.3 is 0 Å². The lowest BCUT2D eigenvalue weighted by Gasteiger charge is -2.30. The van der Waals surface area contributed by atoms with Gasteiger partial charge in [-0.15, -0.1) is 0 Å². The van der Waals surface area contributed by atoms with Gasteiger partial charge in [-0.1, -0.05) is 18.2 Å². The summed E-state index contributed by atoms with van der Waals surface area (Å²) in [5.74, 6) is -2.69. The number of hydrogen-bond acceptors (Lipinski definition) is 7. The molecule has 4 rings (SSSR count). The SMILES string of the molecule is CCN1C(=O)[C@@H]2[C@H](C1=O)[C@@H](C(=O)c1cccc([N+](=O)[O-])c1)N1N=CC=C[C@@H]21. The Kier molecular flexibility index (Phi) is 3.87. The van der Waals surface area contributed by atoms with Crippen LogP contribution >= 0.6 is 0 Å². The summed E-state index contributed by atoms with van der Waals surface area (Å²) in [6.07, 6.45) is 4.94. The first-order valence-corrected chi connectivity index (χ1v) is 8.58. The Morgan fingerprint density at radius 3 is 2.70 bits per heavy atom. The molecule has 0 N–H and O–H groups in total. The van der Waals surface area contributed by atoms with Crippen molar-refractivity contribution in [3.8, 4) is 0 Å². The van der Waals surface area contributed by atoms with E-state index in [4.69, 9.17) is 0 Å². The number of nitro benzene ring substituents is 1. The van der Waals surface area contributed by atoms with Crippen LogP contribution in [0.1, 0.15) is 17.3 Å². The Morgan fingerprint density at radius 1 is 1.26 bits per heavy atom. The number of likely N-dealkylation sites (tertiary alicyclic amines) is 1. The average molecular weight is 368 g/mol. The quantitative estimate of drug-likeness (QED) is 0.339. The fraction of sp³-hybridized carbons (Fsp3) is 0.333. The molecule has 27 heavy (non-hydrogen) atoms. The second kappa shape index (κ2) is 6.11. The molecule has 0 radical (unpaired) electrons. The number of imide groups is 1. The van der Waals surface area contributed by atoms with E-state index in [0.717, 1.165) is 0 Å². The van der Waals surface area contributed by atoms with Crippen molar-refractivity contribution in [2.24, 2.45) is 16.9 Å². The van der Waals surface area contributed by atoms with E-state index < -0.39 is 40.5 Å². The van der Waals surface area contributed by atoms with E-state index in [-0.39, 0.29) is 23.7 Å². The van der Waals surface area contributed by atoms with Crippen LogP contribution in [0, 0.1) is 22.0 Å². The maximum Gasteiger partial charge on any atom is 0.270 e. The highest BCUT2D eigenvalue weighted by Crippen LogP contribution is 2.45. The number of ketones is 1. The van der Waals surface area contributed by atoms with Gasteiger partial charge in [-0.25, -0.2) is 0 Å². The van der Waals surface area contributed by atoms with Crippen molar-refractivity contribution in [1.82, 2.24) is 9.91 Å². The average Bonchev–Trinajstić information content (AvgIpc) is 3.14. The van der Waals surface area contributed by atoms with Crippen molar-refractivity contribution >= 4 is 29.5 Å². The molecule has 0 spiro atoms. The highest BCUT2D eigenvalue weighted by Gasteiger charge is 2.63. The lowest BCUT2D eigenvalue weighted by atomic mass is 9.86. The van der Waals surface area contributed by atoms with Crippen LogP contribution in [-0.2, 0) is 9.59 Å². The molecule has 2 amide bonds. The molecule has 0 saturated carbocycles. The minimum atomic E-state index is -0.976. The molecule has 3 aliphatic rings. The number of fused-ring (bicyclic) bond motifs is 3. The fourth-order valence-electron chi connectivity index (χ4n) is 4.15. The Balaban J connectivity index is 1.78. The predicted molar refractivity (Wildman–Crippen MR) is 93.8 cm³/mol. The van der Waals surface area contributed by atoms with Crippen LogP contribution < -0.4 is 0 Å². The summed E-state index contributed by atoms with van der Waals surface area (Å²) in [5.41, 5.74) is -0.0912. The molecular formula is C18H16N4O5. The number of benzene rings is 1. The molecule has 1 aromatic rings. The van der Waals surface area contributed by atoms with Gasteiger partial charge in [0.2, 0.25) is 11.8 Å². The maximum atomic E-state index is 13.2. The van der Waals surface area contributed by atoms with Crippen molar-refractivity contribution < 1.29 is 19.3 Å². The number of rotatable bonds is 4. The number of non-ortho nitro benzene ring substituents is 1. The third-order valence-corrected chi connectivity index (χ3v) is 5.31. The molecule has 0 bridgehead atoms. The van der Waals surface area contributed by atoms with Gasteiger partial charge in [-0.05, 0) is 13.0 Å². The van der Waals surface area contributed by atoms with Crippen molar-refractivity contribution in [2.45, 2.75) is 19.0 Å². The minimum absolute atomic E-state index is 0.119. The zero-order chi connectivity index (χ0) is 19.3. The van der Waals surface area contributed by atoms with Crippen LogP contribution in [0.2, 0.25) is 0 Å². The summed E-state index contributed by atoms with van der Waals surface area (Å²) in [7, 11) is 0. The van der Waals surface area contributed by atoms with Crippen molar-refractivity contribution in [3.63, 3.8) is 0 Å². The molecule has 2 saturated heterocycles. The van der Waals surface area contributed by atoms with E-state index in [2.05, 4.69) is 5.10 Å². The molecular weight excluding hydrogens is 352 g/mol. The van der Waals surface area contributed by atoms with Gasteiger partial charge in [0.15, 0.2) is 5.78 Å². The summed E-state index contributed by atoms with van der Waals surface area (Å²) in [6.45, 7) is 1.95. The minimum Gasteiger partial charge on any atom is -0.292 e. The van der Waals surface area contributed by atoms with E-state index >= 15 is 0 Å². The number of nitrogens with zero attached hydrogens (tertiary/aromatic N) is 4. The van der Waals surface area contributed by atoms with Gasteiger partial charge in [-0.2, -0.15) is 5.10 Å². The normalized spacial score (nSPS) is 28.5. The first-order valence-electron chi connectivity index (χ1n) is 8.58. The van der Waals surface area contributed by atoms with Crippen molar-refractivity contribution in [3.05, 3.63) is 52.1 Å². The first kappa shape index (κ1) is 17.1. The molecule has 0 aliphatic carbocycles. The summed E-state index contributed by atoms with van der Waals surface area (Å²) < 4.78 is 0. The van der Waals surface area contributed by atoms with Gasteiger partial charge in [0.05, 0.1) is 22.8 Å². The Morgan fingerprint density at radius 2 is 2.00 bits per heavy atom. The van der Waals surface area contributed by atoms with Crippen LogP contribution in [0.15, 0.2) is 41.5 Å². The van der Waals surface area contributed by atoms with Crippen LogP contribution in [0.3, 0.4) is 0 Å². The summed E-state index contributed by atoms with van der Waals surface area (Å²) in [6, 6.07) is 3.92. The van der Waals surface area contributed by atoms with Crippen molar-refractivity contribution in [1.29, 1.82) is 0 Å². The second-order valence-electron chi connectivity index (χ2n) is 6.61. The van der Waals surface area contributed by atoms with Crippen LogP contribution in [0.5, 0.6) is 0 Å². The molecule has 1 aromatic carbocycles. The first-order chi connectivity index (χ1) is 13.0. The highest BCUT2D eigenvalue weighted by molar-refractivity contribution is 6.12. The smallest absolute Gasteiger partial charge is 0.270 e. The zero-order valence-electron chi connectivity index (χ0n) is 14.4. The van der Waals surface area contributed by atoms with Gasteiger partial charge < -0.3 is 0 Å². The number of nitro groups is 1. The summed E-state index contributed by atoms with van der Waals surface area (Å²) in [4.78, 5) is 50.4. The van der Waals surface area contributed by atoms with Gasteiger partial charge in [0.25, 0.3) is 5.69 Å². The van der Waals surface area contributed by atoms with Crippen molar-refractivity contribution in [2.75, 3.05) is 6.54 Å². The van der Waals surface area contributed by atoms with Crippen LogP contribution in [0.4, 0.5) is 5.69 Å². The number of allylic oxidation sites excluding steroid dienone is 1. The summed E-state index contributed by atoms with van der Waals surface area (Å²) in [5, 5.41) is 16.7. The monoisotopic (exact) mass is 368 g/mol. The maximum absolute atomic E-state index is 13.2. The standard InChI is InChI=1S/C18H16N4O5/c1-2-20-17(24)13-12-7-4-8-19-21(12)15(14(13)18(20)25)16(23)10-5-3-6-11(9-10)22(26)27/h3-9,12-15H,2H2,1H3/t12-,13-,14-,15-/m0/s1. The number of hydrogen-bond donors (Lipinski definition) is 0. The fourth-order valence-corrected chi connectivity index (χ4v) is 4.15. The lowest BCUT2D eigenvalue weighted by molar-refractivity contribution is -0.384. The van der Waals surface area contributed by atoms with E-state index in [1.807, 2.05) is 0 Å². The topological polar surface area (TPSA) is 113 Å². The van der Waals surface area contributed by atoms with Crippen LogP contribution in [0.25, 0.3) is 0 Å². The second-order valence-corrected chi connectivity index (χ2v) is 6.61. The molecule has 3 aliphatic heterocycles. The Labute approximate surface area is 154 Å². The Bertz CT molecular complexity index is 924. The van der Waals surface area contributed by atoms with E-state index in [0.29, 0.717) is 0 Å². The number of amides is 2. The highest BCUT2D eigenvalue weighted by atomic mass is 16.6. The number of Topliss-reactive ketones (excluding diaryl/α,β-unsaturated/α-hetero) is 1. The molecule has 0 unspecified atom stereocenters. The molecule has 9 nitrogen and oxygen atoms in total. The Hall–Kier alpha value is -3.36. The van der Waals surface area contributed by atoms with Gasteiger partial charge in [-0.3, -0.25) is 34.4 Å². The van der Waals surface area contributed by atoms with Gasteiger partial charge in [0.1, 0.15) is 6.04 Å². The van der Waals surface area contributed by atoms with Crippen LogP contribution in [-0.4, -0.2) is 57.3 Å². The number of carbonyl (C=O) groups is 3. The molecule has 0 aromatic heterocycles. The number of carbonyl (C=O) groups excluding carboxylic acids is 3. The van der Waals surface area contributed by atoms with E-state index in [1.165, 1.54) is 40.4 Å². The number of hydrazone groups is 1. The lowest BCUT2D eigenvalue weighted by Crippen LogP contribution is -2.45. The molecule has 2 fully saturated rings. The third-order valence-electron chi connectivity index (χ3n) is 5.31. The molecule has 9 heteroatoms. The predicted octanol–water partition coefficient (Wildman–Crippen LogP) is 1.01. The largest absolute Gasteiger partial charge is 0.292 e. The zero-order valence-corrected chi connectivity index (χ0v) is 14.4. The van der Waals surface area contributed by atoms with Gasteiger partial charge in [0, 0.05) is 30.5 Å². The molecule has 4 atom stereocenters. The third kappa shape index (κ3) is 2.38. The summed E-state index contributed by atoms with van der Waals surface area (Å²) >= 11 is 0. The van der Waals surface area contributed by atoms with E-state index in [9.17, 15) is 24.5 Å². The van der Waals surface area contributed by atoms with E-state index in [1.54, 1.807) is 19.1 Å². The molecule has 138 valence electrons. The molecule has 3 heterocycles.